The van der Waals surface area contributed by atoms with Crippen LogP contribution in [-0.2, 0) is 6.42 Å². The number of aliphatic hydroxyl groups is 1. The van der Waals surface area contributed by atoms with Gasteiger partial charge in [0.05, 0.1) is 6.10 Å². The lowest BCUT2D eigenvalue weighted by molar-refractivity contribution is 0.0899. The second-order valence-corrected chi connectivity index (χ2v) is 3.88. The number of hydrogen-bond donors (Lipinski definition) is 1. The third kappa shape index (κ3) is 1.36. The Kier molecular flexibility index (Phi) is 2.10. The molecule has 0 bridgehead atoms. The molecule has 1 aromatic carbocycles. The fraction of sp³-hybridized carbons (Fsp3) is 0.455. The third-order valence-electron chi connectivity index (χ3n) is 2.83. The second-order valence-electron chi connectivity index (χ2n) is 3.88. The van der Waals surface area contributed by atoms with Crippen molar-refractivity contribution in [3.63, 3.8) is 0 Å². The first-order valence-corrected chi connectivity index (χ1v) is 4.62. The number of fused-ring (bicyclic) bond motifs is 1. The van der Waals surface area contributed by atoms with Crippen molar-refractivity contribution < 1.29 is 5.11 Å². The maximum Gasteiger partial charge on any atom is 0.0950 e. The molecule has 1 aliphatic carbocycles. The van der Waals surface area contributed by atoms with Gasteiger partial charge in [-0.2, -0.15) is 0 Å². The van der Waals surface area contributed by atoms with Crippen molar-refractivity contribution in [3.8, 4) is 0 Å². The van der Waals surface area contributed by atoms with Crippen molar-refractivity contribution in [1.82, 2.24) is 4.90 Å². The highest BCUT2D eigenvalue weighted by molar-refractivity contribution is 5.35. The fourth-order valence-corrected chi connectivity index (χ4v) is 2.02. The van der Waals surface area contributed by atoms with E-state index in [9.17, 15) is 5.11 Å². The van der Waals surface area contributed by atoms with Crippen molar-refractivity contribution >= 4 is 0 Å². The van der Waals surface area contributed by atoms with Crippen LogP contribution < -0.4 is 0 Å². The normalized spacial score (nSPS) is 26.5. The average molecular weight is 177 g/mol. The van der Waals surface area contributed by atoms with E-state index >= 15 is 0 Å². The predicted octanol–water partition coefficient (Wildman–Crippen LogP) is 1.21. The molecular weight excluding hydrogens is 162 g/mol. The molecule has 0 aliphatic heterocycles. The van der Waals surface area contributed by atoms with E-state index in [-0.39, 0.29) is 12.1 Å². The fourth-order valence-electron chi connectivity index (χ4n) is 2.02. The first kappa shape index (κ1) is 8.73. The number of aliphatic hydroxyl groups excluding tert-OH is 1. The van der Waals surface area contributed by atoms with Gasteiger partial charge in [-0.05, 0) is 31.6 Å². The molecule has 0 spiro atoms. The van der Waals surface area contributed by atoms with Crippen LogP contribution >= 0.6 is 0 Å². The number of benzene rings is 1. The van der Waals surface area contributed by atoms with Crippen molar-refractivity contribution in [2.75, 3.05) is 14.1 Å². The highest BCUT2D eigenvalue weighted by atomic mass is 16.3. The van der Waals surface area contributed by atoms with Crippen LogP contribution in [0.15, 0.2) is 24.3 Å². The van der Waals surface area contributed by atoms with Gasteiger partial charge in [0.1, 0.15) is 0 Å². The molecule has 2 nitrogen and oxygen atoms in total. The molecule has 2 atom stereocenters. The molecule has 0 saturated carbocycles. The average Bonchev–Trinajstić information content (AvgIpc) is 2.45. The van der Waals surface area contributed by atoms with E-state index in [4.69, 9.17) is 0 Å². The zero-order valence-corrected chi connectivity index (χ0v) is 8.07. The minimum absolute atomic E-state index is 0.248. The van der Waals surface area contributed by atoms with E-state index in [1.807, 2.05) is 32.3 Å². The summed E-state index contributed by atoms with van der Waals surface area (Å²) in [6, 6.07) is 8.38. The van der Waals surface area contributed by atoms with Crippen LogP contribution in [0, 0.1) is 0 Å². The minimum Gasteiger partial charge on any atom is -0.387 e. The summed E-state index contributed by atoms with van der Waals surface area (Å²) >= 11 is 0. The standard InChI is InChI=1S/C11H15NO/c1-12(2)10-7-8-5-3-4-6-9(8)11(10)13/h3-6,10-11,13H,7H2,1-2H3/t10-,11+/m1/s1. The molecule has 0 radical (unpaired) electrons. The Labute approximate surface area is 78.8 Å². The Morgan fingerprint density at radius 1 is 1.31 bits per heavy atom. The minimum atomic E-state index is -0.314. The molecule has 2 heteroatoms. The smallest absolute Gasteiger partial charge is 0.0950 e. The van der Waals surface area contributed by atoms with Crippen LogP contribution in [0.1, 0.15) is 17.2 Å². The van der Waals surface area contributed by atoms with Crippen molar-refractivity contribution in [2.24, 2.45) is 0 Å². The molecule has 70 valence electrons. The van der Waals surface area contributed by atoms with E-state index < -0.39 is 0 Å². The first-order valence-electron chi connectivity index (χ1n) is 4.62. The van der Waals surface area contributed by atoms with Gasteiger partial charge >= 0.3 is 0 Å². The van der Waals surface area contributed by atoms with Crippen molar-refractivity contribution in [2.45, 2.75) is 18.6 Å². The Morgan fingerprint density at radius 2 is 2.00 bits per heavy atom. The van der Waals surface area contributed by atoms with Gasteiger partial charge in [0.2, 0.25) is 0 Å². The van der Waals surface area contributed by atoms with Gasteiger partial charge in [0, 0.05) is 6.04 Å². The molecule has 1 aromatic rings. The number of hydrogen-bond acceptors (Lipinski definition) is 2. The van der Waals surface area contributed by atoms with E-state index in [0.29, 0.717) is 0 Å². The number of nitrogens with zero attached hydrogens (tertiary/aromatic N) is 1. The SMILES string of the molecule is CN(C)[C@@H]1Cc2ccccc2[C@@H]1O. The zero-order chi connectivity index (χ0) is 9.42. The summed E-state index contributed by atoms with van der Waals surface area (Å²) in [5.41, 5.74) is 2.38. The van der Waals surface area contributed by atoms with Gasteiger partial charge in [0.25, 0.3) is 0 Å². The molecule has 2 rings (SSSR count). The van der Waals surface area contributed by atoms with Crippen LogP contribution in [0.25, 0.3) is 0 Å². The van der Waals surface area contributed by atoms with Crippen LogP contribution in [0.2, 0.25) is 0 Å². The summed E-state index contributed by atoms with van der Waals surface area (Å²) in [5, 5.41) is 9.97. The Bertz CT molecular complexity index is 309. The molecule has 0 aromatic heterocycles. The molecule has 0 saturated heterocycles. The number of likely N-dealkylation sites (N-methyl/N-ethyl adjacent to an activating group) is 1. The lowest BCUT2D eigenvalue weighted by atomic mass is 10.1. The van der Waals surface area contributed by atoms with Gasteiger partial charge in [-0.25, -0.2) is 0 Å². The molecule has 13 heavy (non-hydrogen) atoms. The Hall–Kier alpha value is -0.860. The largest absolute Gasteiger partial charge is 0.387 e. The summed E-state index contributed by atoms with van der Waals surface area (Å²) in [6.45, 7) is 0. The Morgan fingerprint density at radius 3 is 2.62 bits per heavy atom. The second kappa shape index (κ2) is 3.13. The summed E-state index contributed by atoms with van der Waals surface area (Å²) in [5.74, 6) is 0. The first-order chi connectivity index (χ1) is 6.20. The topological polar surface area (TPSA) is 23.5 Å². The van der Waals surface area contributed by atoms with Gasteiger partial charge in [0.15, 0.2) is 0 Å². The van der Waals surface area contributed by atoms with Crippen LogP contribution in [0.4, 0.5) is 0 Å². The Balaban J connectivity index is 2.32. The van der Waals surface area contributed by atoms with Crippen LogP contribution in [0.5, 0.6) is 0 Å². The lowest BCUT2D eigenvalue weighted by Gasteiger charge is -2.22. The molecule has 1 aliphatic rings. The van der Waals surface area contributed by atoms with E-state index in [2.05, 4.69) is 11.0 Å². The van der Waals surface area contributed by atoms with Crippen molar-refractivity contribution in [1.29, 1.82) is 0 Å². The molecule has 0 amide bonds. The van der Waals surface area contributed by atoms with Gasteiger partial charge in [-0.1, -0.05) is 24.3 Å². The quantitative estimate of drug-likeness (QED) is 0.697. The van der Waals surface area contributed by atoms with E-state index in [1.54, 1.807) is 0 Å². The molecular formula is C11H15NO. The van der Waals surface area contributed by atoms with Gasteiger partial charge < -0.3 is 10.0 Å². The van der Waals surface area contributed by atoms with Crippen LogP contribution in [-0.4, -0.2) is 30.1 Å². The highest BCUT2D eigenvalue weighted by Gasteiger charge is 2.31. The van der Waals surface area contributed by atoms with Crippen LogP contribution in [0.3, 0.4) is 0 Å². The summed E-state index contributed by atoms with van der Waals surface area (Å²) < 4.78 is 0. The van der Waals surface area contributed by atoms with Crippen molar-refractivity contribution in [3.05, 3.63) is 35.4 Å². The molecule has 1 N–H and O–H groups in total. The predicted molar refractivity (Wildman–Crippen MR) is 52.6 cm³/mol. The highest BCUT2D eigenvalue weighted by Crippen LogP contribution is 2.32. The third-order valence-corrected chi connectivity index (χ3v) is 2.83. The van der Waals surface area contributed by atoms with Gasteiger partial charge in [-0.15, -0.1) is 0 Å². The molecule has 0 unspecified atom stereocenters. The maximum absolute atomic E-state index is 9.97. The summed E-state index contributed by atoms with van der Waals surface area (Å²) in [7, 11) is 4.03. The summed E-state index contributed by atoms with van der Waals surface area (Å²) in [4.78, 5) is 2.09. The monoisotopic (exact) mass is 177 g/mol. The zero-order valence-electron chi connectivity index (χ0n) is 8.07. The van der Waals surface area contributed by atoms with E-state index in [1.165, 1.54) is 5.56 Å². The lowest BCUT2D eigenvalue weighted by Crippen LogP contribution is -2.31. The summed E-state index contributed by atoms with van der Waals surface area (Å²) in [6.07, 6.45) is 0.649. The molecule has 0 fully saturated rings. The van der Waals surface area contributed by atoms with E-state index in [0.717, 1.165) is 12.0 Å². The maximum atomic E-state index is 9.97. The molecule has 0 heterocycles. The number of rotatable bonds is 1. The van der Waals surface area contributed by atoms with Gasteiger partial charge in [-0.3, -0.25) is 0 Å².